The fourth-order valence-electron chi connectivity index (χ4n) is 2.86. The standard InChI is InChI=1S/C16H21Cl2NO/c1-3-16(2,19-9-4-5-10-19)15(20)11-12-13(17)7-6-8-14(12)18/h6-8H,3-5,9-11H2,1-2H3. The molecule has 2 rings (SSSR count). The first-order valence-corrected chi connectivity index (χ1v) is 7.96. The van der Waals surface area contributed by atoms with E-state index >= 15 is 0 Å². The number of hydrogen-bond donors (Lipinski definition) is 0. The maximum absolute atomic E-state index is 12.8. The average Bonchev–Trinajstić information content (AvgIpc) is 2.96. The molecule has 0 bridgehead atoms. The van der Waals surface area contributed by atoms with E-state index in [0.29, 0.717) is 16.5 Å². The molecule has 1 aliphatic heterocycles. The largest absolute Gasteiger partial charge is 0.297 e. The number of halogens is 2. The van der Waals surface area contributed by atoms with E-state index in [0.717, 1.165) is 25.1 Å². The SMILES string of the molecule is CCC(C)(C(=O)Cc1c(Cl)cccc1Cl)N1CCCC1. The van der Waals surface area contributed by atoms with Gasteiger partial charge in [0.05, 0.1) is 5.54 Å². The Morgan fingerprint density at radius 1 is 1.25 bits per heavy atom. The predicted molar refractivity (Wildman–Crippen MR) is 84.7 cm³/mol. The molecule has 110 valence electrons. The summed E-state index contributed by atoms with van der Waals surface area (Å²) in [6.07, 6.45) is 3.47. The molecule has 0 radical (unpaired) electrons. The van der Waals surface area contributed by atoms with Gasteiger partial charge in [-0.15, -0.1) is 0 Å². The average molecular weight is 314 g/mol. The van der Waals surface area contributed by atoms with Crippen LogP contribution in [0.15, 0.2) is 18.2 Å². The van der Waals surface area contributed by atoms with Crippen molar-refractivity contribution < 1.29 is 4.79 Å². The maximum atomic E-state index is 12.8. The van der Waals surface area contributed by atoms with Gasteiger partial charge in [0.2, 0.25) is 0 Å². The van der Waals surface area contributed by atoms with Gasteiger partial charge in [-0.25, -0.2) is 0 Å². The molecule has 1 unspecified atom stereocenters. The topological polar surface area (TPSA) is 20.3 Å². The lowest BCUT2D eigenvalue weighted by Gasteiger charge is -2.37. The van der Waals surface area contributed by atoms with Gasteiger partial charge in [0.15, 0.2) is 5.78 Å². The molecule has 4 heteroatoms. The summed E-state index contributed by atoms with van der Waals surface area (Å²) < 4.78 is 0. The monoisotopic (exact) mass is 313 g/mol. The van der Waals surface area contributed by atoms with Gasteiger partial charge >= 0.3 is 0 Å². The van der Waals surface area contributed by atoms with Crippen molar-refractivity contribution in [1.82, 2.24) is 4.90 Å². The third-order valence-corrected chi connectivity index (χ3v) is 5.20. The van der Waals surface area contributed by atoms with E-state index in [4.69, 9.17) is 23.2 Å². The molecule has 1 heterocycles. The normalized spacial score (nSPS) is 19.0. The summed E-state index contributed by atoms with van der Waals surface area (Å²) in [5.41, 5.74) is 0.346. The van der Waals surface area contributed by atoms with E-state index < -0.39 is 5.54 Å². The van der Waals surface area contributed by atoms with Crippen LogP contribution in [0.3, 0.4) is 0 Å². The van der Waals surface area contributed by atoms with Crippen LogP contribution in [0.1, 0.15) is 38.7 Å². The lowest BCUT2D eigenvalue weighted by molar-refractivity contribution is -0.129. The highest BCUT2D eigenvalue weighted by molar-refractivity contribution is 6.36. The maximum Gasteiger partial charge on any atom is 0.157 e. The third kappa shape index (κ3) is 3.03. The quantitative estimate of drug-likeness (QED) is 0.804. The van der Waals surface area contributed by atoms with Gasteiger partial charge in [-0.3, -0.25) is 9.69 Å². The van der Waals surface area contributed by atoms with Crippen molar-refractivity contribution in [1.29, 1.82) is 0 Å². The van der Waals surface area contributed by atoms with Gasteiger partial charge in [0.1, 0.15) is 0 Å². The van der Waals surface area contributed by atoms with Gasteiger partial charge in [-0.05, 0) is 57.0 Å². The minimum atomic E-state index is -0.404. The molecule has 1 aliphatic rings. The van der Waals surface area contributed by atoms with E-state index in [1.54, 1.807) is 18.2 Å². The Morgan fingerprint density at radius 2 is 1.80 bits per heavy atom. The van der Waals surface area contributed by atoms with Crippen molar-refractivity contribution in [3.63, 3.8) is 0 Å². The van der Waals surface area contributed by atoms with Crippen LogP contribution in [0.5, 0.6) is 0 Å². The molecule has 0 spiro atoms. The first-order chi connectivity index (χ1) is 9.49. The molecular formula is C16H21Cl2NO. The number of likely N-dealkylation sites (tertiary alicyclic amines) is 1. The molecule has 1 fully saturated rings. The Morgan fingerprint density at radius 3 is 2.30 bits per heavy atom. The number of hydrogen-bond acceptors (Lipinski definition) is 2. The molecule has 0 N–H and O–H groups in total. The molecule has 0 aliphatic carbocycles. The fourth-order valence-corrected chi connectivity index (χ4v) is 3.39. The van der Waals surface area contributed by atoms with Gasteiger partial charge in [0, 0.05) is 16.5 Å². The summed E-state index contributed by atoms with van der Waals surface area (Å²) in [6, 6.07) is 5.38. The zero-order chi connectivity index (χ0) is 14.8. The molecule has 1 atom stereocenters. The summed E-state index contributed by atoms with van der Waals surface area (Å²) in [4.78, 5) is 15.1. The van der Waals surface area contributed by atoms with E-state index in [1.807, 2.05) is 6.92 Å². The molecule has 1 saturated heterocycles. The van der Waals surface area contributed by atoms with Crippen LogP contribution in [-0.4, -0.2) is 29.3 Å². The number of benzene rings is 1. The minimum Gasteiger partial charge on any atom is -0.297 e. The highest BCUT2D eigenvalue weighted by Crippen LogP contribution is 2.30. The second kappa shape index (κ2) is 6.46. The molecular weight excluding hydrogens is 293 g/mol. The van der Waals surface area contributed by atoms with Crippen molar-refractivity contribution in [3.05, 3.63) is 33.8 Å². The molecule has 1 aromatic rings. The number of Topliss-reactive ketones (excluding diaryl/α,β-unsaturated/α-hetero) is 1. The van der Waals surface area contributed by atoms with Crippen molar-refractivity contribution >= 4 is 29.0 Å². The second-order valence-electron chi connectivity index (χ2n) is 5.62. The number of carbonyl (C=O) groups excluding carboxylic acids is 1. The van der Waals surface area contributed by atoms with Crippen molar-refractivity contribution in [2.45, 2.75) is 45.1 Å². The number of rotatable bonds is 5. The van der Waals surface area contributed by atoms with Gasteiger partial charge in [-0.1, -0.05) is 36.2 Å². The molecule has 2 nitrogen and oxygen atoms in total. The first-order valence-electron chi connectivity index (χ1n) is 7.20. The molecule has 0 amide bonds. The summed E-state index contributed by atoms with van der Waals surface area (Å²) in [7, 11) is 0. The van der Waals surface area contributed by atoms with Gasteiger partial charge in [-0.2, -0.15) is 0 Å². The zero-order valence-electron chi connectivity index (χ0n) is 12.1. The summed E-state index contributed by atoms with van der Waals surface area (Å²) in [6.45, 7) is 6.13. The molecule has 0 aromatic heterocycles. The third-order valence-electron chi connectivity index (χ3n) is 4.49. The van der Waals surface area contributed by atoms with Crippen LogP contribution in [0.2, 0.25) is 10.0 Å². The molecule has 20 heavy (non-hydrogen) atoms. The van der Waals surface area contributed by atoms with Crippen molar-refractivity contribution in [2.24, 2.45) is 0 Å². The van der Waals surface area contributed by atoms with E-state index in [2.05, 4.69) is 11.8 Å². The number of nitrogens with zero attached hydrogens (tertiary/aromatic N) is 1. The van der Waals surface area contributed by atoms with Crippen molar-refractivity contribution in [2.75, 3.05) is 13.1 Å². The Kier molecular flexibility index (Phi) is 5.11. The van der Waals surface area contributed by atoms with E-state index in [-0.39, 0.29) is 5.78 Å². The second-order valence-corrected chi connectivity index (χ2v) is 6.44. The van der Waals surface area contributed by atoms with Crippen LogP contribution in [0, 0.1) is 0 Å². The predicted octanol–water partition coefficient (Wildman–Crippen LogP) is 4.37. The van der Waals surface area contributed by atoms with Gasteiger partial charge in [0.25, 0.3) is 0 Å². The summed E-state index contributed by atoms with van der Waals surface area (Å²) in [5.74, 6) is 0.205. The summed E-state index contributed by atoms with van der Waals surface area (Å²) in [5, 5.41) is 1.15. The van der Waals surface area contributed by atoms with Crippen LogP contribution in [0.25, 0.3) is 0 Å². The Labute approximate surface area is 131 Å². The highest BCUT2D eigenvalue weighted by atomic mass is 35.5. The Bertz CT molecular complexity index is 477. The highest BCUT2D eigenvalue weighted by Gasteiger charge is 2.38. The molecule has 0 saturated carbocycles. The van der Waals surface area contributed by atoms with Crippen LogP contribution < -0.4 is 0 Å². The Hall–Kier alpha value is -0.570. The Balaban J connectivity index is 2.21. The summed E-state index contributed by atoms with van der Waals surface area (Å²) >= 11 is 12.4. The van der Waals surface area contributed by atoms with Crippen LogP contribution in [0.4, 0.5) is 0 Å². The van der Waals surface area contributed by atoms with Crippen molar-refractivity contribution in [3.8, 4) is 0 Å². The first kappa shape index (κ1) is 15.8. The van der Waals surface area contributed by atoms with E-state index in [1.165, 1.54) is 12.8 Å². The van der Waals surface area contributed by atoms with Gasteiger partial charge < -0.3 is 0 Å². The van der Waals surface area contributed by atoms with Crippen LogP contribution >= 0.6 is 23.2 Å². The van der Waals surface area contributed by atoms with E-state index in [9.17, 15) is 4.79 Å². The lowest BCUT2D eigenvalue weighted by Crippen LogP contribution is -2.51. The smallest absolute Gasteiger partial charge is 0.157 e. The zero-order valence-corrected chi connectivity index (χ0v) is 13.6. The fraction of sp³-hybridized carbons (Fsp3) is 0.562. The minimum absolute atomic E-state index is 0.205. The molecule has 1 aromatic carbocycles. The number of carbonyl (C=O) groups is 1. The number of ketones is 1. The lowest BCUT2D eigenvalue weighted by atomic mass is 9.87. The van der Waals surface area contributed by atoms with Crippen LogP contribution in [-0.2, 0) is 11.2 Å².